The number of carbonyl (C=O) groups is 3. The lowest BCUT2D eigenvalue weighted by Gasteiger charge is -2.18. The number of unbranched alkanes of at least 4 members (excludes halogenated alkanes) is 25. The molecule has 0 fully saturated rings. The largest absolute Gasteiger partial charge is 0.462 e. The van der Waals surface area contributed by atoms with Crippen molar-refractivity contribution in [3.8, 4) is 0 Å². The topological polar surface area (TPSA) is 78.9 Å². The second-order valence-corrected chi connectivity index (χ2v) is 16.7. The van der Waals surface area contributed by atoms with E-state index in [1.807, 2.05) is 0 Å². The quantitative estimate of drug-likeness (QED) is 0.0200. The molecule has 1 unspecified atom stereocenters. The molecule has 0 N–H and O–H groups in total. The van der Waals surface area contributed by atoms with Crippen molar-refractivity contribution in [3.63, 3.8) is 0 Å². The molecule has 346 valence electrons. The molecule has 0 aromatic heterocycles. The van der Waals surface area contributed by atoms with Crippen LogP contribution in [0.5, 0.6) is 0 Å². The van der Waals surface area contributed by atoms with Gasteiger partial charge in [-0.15, -0.1) is 0 Å². The van der Waals surface area contributed by atoms with Gasteiger partial charge in [0.1, 0.15) is 13.2 Å². The van der Waals surface area contributed by atoms with Crippen molar-refractivity contribution in [3.05, 3.63) is 60.8 Å². The highest BCUT2D eigenvalue weighted by Gasteiger charge is 2.19. The molecule has 0 aromatic carbocycles. The van der Waals surface area contributed by atoms with E-state index in [1.54, 1.807) is 0 Å². The molecule has 0 amide bonds. The summed E-state index contributed by atoms with van der Waals surface area (Å²) < 4.78 is 16.8. The van der Waals surface area contributed by atoms with E-state index in [-0.39, 0.29) is 31.1 Å². The van der Waals surface area contributed by atoms with Crippen molar-refractivity contribution in [1.82, 2.24) is 0 Å². The van der Waals surface area contributed by atoms with Crippen LogP contribution in [0.1, 0.15) is 245 Å². The Morgan fingerprint density at radius 2 is 0.700 bits per heavy atom. The highest BCUT2D eigenvalue weighted by molar-refractivity contribution is 5.71. The zero-order valence-electron chi connectivity index (χ0n) is 39.5. The van der Waals surface area contributed by atoms with Crippen LogP contribution in [0.3, 0.4) is 0 Å². The number of ether oxygens (including phenoxy) is 3. The van der Waals surface area contributed by atoms with Crippen LogP contribution >= 0.6 is 0 Å². The normalized spacial score (nSPS) is 12.5. The van der Waals surface area contributed by atoms with Gasteiger partial charge in [0.05, 0.1) is 0 Å². The van der Waals surface area contributed by atoms with Crippen molar-refractivity contribution in [2.75, 3.05) is 13.2 Å². The van der Waals surface area contributed by atoms with E-state index in [4.69, 9.17) is 14.2 Å². The SMILES string of the molecule is CC/C=C\C/C=C\CCCCCCCC(=O)OCC(COC(=O)CCCCCCCC/C=C\C=C/CCCCC)OC(=O)CCCCCCCCC/C=C\CCCCCC. The fourth-order valence-electron chi connectivity index (χ4n) is 6.93. The zero-order valence-corrected chi connectivity index (χ0v) is 39.5. The van der Waals surface area contributed by atoms with Crippen molar-refractivity contribution in [1.29, 1.82) is 0 Å². The first-order valence-electron chi connectivity index (χ1n) is 25.3. The van der Waals surface area contributed by atoms with E-state index >= 15 is 0 Å². The van der Waals surface area contributed by atoms with Gasteiger partial charge < -0.3 is 14.2 Å². The summed E-state index contributed by atoms with van der Waals surface area (Å²) in [5.74, 6) is -0.915. The Labute approximate surface area is 370 Å². The Morgan fingerprint density at radius 1 is 0.367 bits per heavy atom. The Kier molecular flexibility index (Phi) is 46.4. The summed E-state index contributed by atoms with van der Waals surface area (Å²) in [5, 5.41) is 0. The summed E-state index contributed by atoms with van der Waals surface area (Å²) in [6.07, 6.45) is 59.1. The average Bonchev–Trinajstić information content (AvgIpc) is 3.24. The Balaban J connectivity index is 4.41. The fraction of sp³-hybridized carbons (Fsp3) is 0.759. The van der Waals surface area contributed by atoms with E-state index in [0.717, 1.165) is 96.3 Å². The first kappa shape index (κ1) is 57.1. The standard InChI is InChI=1S/C54H94O6/c1-4-7-10-13-16-19-22-25-27-29-32-35-38-41-44-47-53(56)59-50-51(49-58-52(55)46-43-40-37-34-31-24-21-18-15-12-9-6-3)60-54(57)48-45-42-39-36-33-30-28-26-23-20-17-14-11-8-5-2/h9,12,16,18-23,25,51H,4-8,10-11,13-15,17,24,26-50H2,1-3H3/b12-9-,19-16-,21-18-,23-20-,25-22-. The third kappa shape index (κ3) is 46.2. The molecule has 0 spiro atoms. The molecule has 0 aliphatic carbocycles. The number of hydrogen-bond donors (Lipinski definition) is 0. The van der Waals surface area contributed by atoms with Gasteiger partial charge in [-0.3, -0.25) is 14.4 Å². The van der Waals surface area contributed by atoms with E-state index in [2.05, 4.69) is 81.5 Å². The minimum absolute atomic E-state index is 0.0866. The number of esters is 3. The molecular formula is C54H94O6. The fourth-order valence-corrected chi connectivity index (χ4v) is 6.93. The Hall–Kier alpha value is -2.89. The minimum atomic E-state index is -0.785. The maximum atomic E-state index is 12.8. The molecule has 1 atom stereocenters. The molecule has 0 rings (SSSR count). The van der Waals surface area contributed by atoms with Crippen LogP contribution in [0.15, 0.2) is 60.8 Å². The molecule has 0 saturated heterocycles. The smallest absolute Gasteiger partial charge is 0.306 e. The first-order valence-corrected chi connectivity index (χ1v) is 25.3. The molecule has 0 bridgehead atoms. The highest BCUT2D eigenvalue weighted by atomic mass is 16.6. The van der Waals surface area contributed by atoms with Gasteiger partial charge in [-0.25, -0.2) is 0 Å². The lowest BCUT2D eigenvalue weighted by atomic mass is 10.1. The highest BCUT2D eigenvalue weighted by Crippen LogP contribution is 2.14. The maximum absolute atomic E-state index is 12.8. The predicted octanol–water partition coefficient (Wildman–Crippen LogP) is 16.5. The van der Waals surface area contributed by atoms with Gasteiger partial charge in [-0.2, -0.15) is 0 Å². The van der Waals surface area contributed by atoms with Crippen LogP contribution in [0.2, 0.25) is 0 Å². The van der Waals surface area contributed by atoms with Gasteiger partial charge in [-0.05, 0) is 96.3 Å². The lowest BCUT2D eigenvalue weighted by Crippen LogP contribution is -2.30. The number of carbonyl (C=O) groups excluding carboxylic acids is 3. The molecule has 0 heterocycles. The molecule has 6 heteroatoms. The number of allylic oxidation sites excluding steroid dienone is 10. The summed E-state index contributed by atoms with van der Waals surface area (Å²) in [7, 11) is 0. The number of hydrogen-bond acceptors (Lipinski definition) is 6. The van der Waals surface area contributed by atoms with Gasteiger partial charge >= 0.3 is 17.9 Å². The summed E-state index contributed by atoms with van der Waals surface area (Å²) in [5.41, 5.74) is 0. The Bertz CT molecular complexity index is 1100. The first-order chi connectivity index (χ1) is 29.5. The van der Waals surface area contributed by atoms with Crippen molar-refractivity contribution in [2.24, 2.45) is 0 Å². The van der Waals surface area contributed by atoms with E-state index < -0.39 is 6.10 Å². The summed E-state index contributed by atoms with van der Waals surface area (Å²) in [6.45, 7) is 6.46. The molecule has 6 nitrogen and oxygen atoms in total. The lowest BCUT2D eigenvalue weighted by molar-refractivity contribution is -0.167. The second-order valence-electron chi connectivity index (χ2n) is 16.7. The van der Waals surface area contributed by atoms with Crippen molar-refractivity contribution >= 4 is 17.9 Å². The van der Waals surface area contributed by atoms with Gasteiger partial charge in [0.15, 0.2) is 6.10 Å². The number of rotatable bonds is 45. The molecular weight excluding hydrogens is 745 g/mol. The summed E-state index contributed by atoms with van der Waals surface area (Å²) in [6, 6.07) is 0. The molecule has 0 radical (unpaired) electrons. The average molecular weight is 839 g/mol. The molecule has 0 aliphatic rings. The predicted molar refractivity (Wildman–Crippen MR) is 256 cm³/mol. The monoisotopic (exact) mass is 839 g/mol. The summed E-state index contributed by atoms with van der Waals surface area (Å²) in [4.78, 5) is 37.9. The minimum Gasteiger partial charge on any atom is -0.462 e. The third-order valence-electron chi connectivity index (χ3n) is 10.8. The van der Waals surface area contributed by atoms with Crippen LogP contribution in [-0.2, 0) is 28.6 Å². The van der Waals surface area contributed by atoms with E-state index in [1.165, 1.54) is 109 Å². The maximum Gasteiger partial charge on any atom is 0.306 e. The van der Waals surface area contributed by atoms with E-state index in [0.29, 0.717) is 19.3 Å². The van der Waals surface area contributed by atoms with Gasteiger partial charge in [0.2, 0.25) is 0 Å². The van der Waals surface area contributed by atoms with Crippen LogP contribution in [-0.4, -0.2) is 37.2 Å². The molecule has 0 aromatic rings. The zero-order chi connectivity index (χ0) is 43.7. The van der Waals surface area contributed by atoms with E-state index in [9.17, 15) is 14.4 Å². The molecule has 60 heavy (non-hydrogen) atoms. The molecule has 0 saturated carbocycles. The third-order valence-corrected chi connectivity index (χ3v) is 10.8. The second kappa shape index (κ2) is 48.8. The molecule has 0 aliphatic heterocycles. The van der Waals surface area contributed by atoms with Crippen molar-refractivity contribution < 1.29 is 28.6 Å². The van der Waals surface area contributed by atoms with Crippen LogP contribution < -0.4 is 0 Å². The van der Waals surface area contributed by atoms with Gasteiger partial charge in [0, 0.05) is 19.3 Å². The van der Waals surface area contributed by atoms with Gasteiger partial charge in [-0.1, -0.05) is 191 Å². The Morgan fingerprint density at radius 3 is 1.15 bits per heavy atom. The van der Waals surface area contributed by atoms with Crippen LogP contribution in [0, 0.1) is 0 Å². The summed E-state index contributed by atoms with van der Waals surface area (Å²) >= 11 is 0. The van der Waals surface area contributed by atoms with Gasteiger partial charge in [0.25, 0.3) is 0 Å². The van der Waals surface area contributed by atoms with Crippen molar-refractivity contribution in [2.45, 2.75) is 252 Å². The van der Waals surface area contributed by atoms with Crippen LogP contribution in [0.4, 0.5) is 0 Å². The van der Waals surface area contributed by atoms with Crippen LogP contribution in [0.25, 0.3) is 0 Å².